The first-order chi connectivity index (χ1) is 15.2. The monoisotopic (exact) mass is 415 g/mol. The first-order valence-corrected chi connectivity index (χ1v) is 9.44. The fraction of sp³-hybridized carbons (Fsp3) is 0.0435. The lowest BCUT2D eigenvalue weighted by molar-refractivity contribution is -0.116. The number of ether oxygens (including phenoxy) is 1. The zero-order valence-electron chi connectivity index (χ0n) is 16.4. The smallest absolute Gasteiger partial charge is 0.244 e. The van der Waals surface area contributed by atoms with E-state index in [1.165, 1.54) is 30.5 Å². The Morgan fingerprint density at radius 2 is 2.06 bits per heavy atom. The molecule has 31 heavy (non-hydrogen) atoms. The third-order valence-electron chi connectivity index (χ3n) is 4.29. The van der Waals surface area contributed by atoms with Crippen molar-refractivity contribution in [2.45, 2.75) is 6.54 Å². The van der Waals surface area contributed by atoms with Gasteiger partial charge in [0.05, 0.1) is 6.20 Å². The number of hydrogen-bond acceptors (Lipinski definition) is 5. The van der Waals surface area contributed by atoms with Gasteiger partial charge >= 0.3 is 0 Å². The Bertz CT molecular complexity index is 1180. The summed E-state index contributed by atoms with van der Waals surface area (Å²) in [5.74, 6) is 0.438. The van der Waals surface area contributed by atoms with Crippen LogP contribution in [0.4, 0.5) is 4.39 Å². The Morgan fingerprint density at radius 1 is 1.13 bits per heavy atom. The van der Waals surface area contributed by atoms with Crippen LogP contribution in [0.15, 0.2) is 85.9 Å². The molecule has 4 aromatic rings. The van der Waals surface area contributed by atoms with E-state index in [9.17, 15) is 9.18 Å². The molecule has 1 amide bonds. The Morgan fingerprint density at radius 3 is 2.77 bits per heavy atom. The van der Waals surface area contributed by atoms with E-state index in [2.05, 4.69) is 20.3 Å². The highest BCUT2D eigenvalue weighted by Gasteiger charge is 2.06. The third-order valence-corrected chi connectivity index (χ3v) is 4.29. The zero-order valence-corrected chi connectivity index (χ0v) is 16.4. The Kier molecular flexibility index (Phi) is 6.08. The van der Waals surface area contributed by atoms with Gasteiger partial charge in [-0.05, 0) is 47.5 Å². The second-order valence-corrected chi connectivity index (χ2v) is 6.53. The first-order valence-electron chi connectivity index (χ1n) is 9.44. The minimum Gasteiger partial charge on any atom is -0.453 e. The van der Waals surface area contributed by atoms with E-state index in [1.807, 2.05) is 12.1 Å². The summed E-state index contributed by atoms with van der Waals surface area (Å²) in [6, 6.07) is 11.6. The lowest BCUT2D eigenvalue weighted by Gasteiger charge is -2.07. The summed E-state index contributed by atoms with van der Waals surface area (Å²) in [4.78, 5) is 24.3. The van der Waals surface area contributed by atoms with E-state index >= 15 is 0 Å². The molecule has 0 radical (unpaired) electrons. The van der Waals surface area contributed by atoms with Crippen LogP contribution in [0.3, 0.4) is 0 Å². The number of nitrogens with zero attached hydrogens (tertiary/aromatic N) is 4. The average Bonchev–Trinajstić information content (AvgIpc) is 3.34. The summed E-state index contributed by atoms with van der Waals surface area (Å²) in [6.07, 6.45) is 12.8. The van der Waals surface area contributed by atoms with E-state index in [0.29, 0.717) is 17.9 Å². The Hall–Kier alpha value is -4.33. The minimum atomic E-state index is -0.532. The van der Waals surface area contributed by atoms with Crippen LogP contribution < -0.4 is 10.1 Å². The van der Waals surface area contributed by atoms with Crippen molar-refractivity contribution in [3.63, 3.8) is 0 Å². The number of rotatable bonds is 7. The van der Waals surface area contributed by atoms with E-state index in [1.54, 1.807) is 53.9 Å². The summed E-state index contributed by atoms with van der Waals surface area (Å²) >= 11 is 0. The van der Waals surface area contributed by atoms with Gasteiger partial charge in [0, 0.05) is 37.4 Å². The highest BCUT2D eigenvalue weighted by Crippen LogP contribution is 2.24. The number of carbonyl (C=O) groups is 1. The molecule has 1 N–H and O–H groups in total. The van der Waals surface area contributed by atoms with Gasteiger partial charge in [-0.25, -0.2) is 14.4 Å². The maximum Gasteiger partial charge on any atom is 0.244 e. The summed E-state index contributed by atoms with van der Waals surface area (Å²) in [7, 11) is 0. The largest absolute Gasteiger partial charge is 0.453 e. The number of aromatic nitrogens is 4. The van der Waals surface area contributed by atoms with E-state index in [4.69, 9.17) is 4.74 Å². The van der Waals surface area contributed by atoms with E-state index in [0.717, 1.165) is 11.4 Å². The molecule has 3 aromatic heterocycles. The van der Waals surface area contributed by atoms with Crippen LogP contribution in [0.5, 0.6) is 11.5 Å². The van der Waals surface area contributed by atoms with Crippen molar-refractivity contribution in [2.24, 2.45) is 0 Å². The predicted octanol–water partition coefficient (Wildman–Crippen LogP) is 3.92. The number of carbonyl (C=O) groups excluding carboxylic acids is 1. The highest BCUT2D eigenvalue weighted by atomic mass is 19.1. The fourth-order valence-corrected chi connectivity index (χ4v) is 2.73. The predicted molar refractivity (Wildman–Crippen MR) is 113 cm³/mol. The molecule has 0 unspecified atom stereocenters. The number of halogens is 1. The van der Waals surface area contributed by atoms with Gasteiger partial charge in [-0.1, -0.05) is 12.1 Å². The van der Waals surface area contributed by atoms with Crippen molar-refractivity contribution in [3.05, 3.63) is 103 Å². The van der Waals surface area contributed by atoms with Crippen molar-refractivity contribution in [1.29, 1.82) is 0 Å². The Balaban J connectivity index is 1.31. The van der Waals surface area contributed by atoms with Gasteiger partial charge in [-0.2, -0.15) is 0 Å². The molecule has 0 aliphatic heterocycles. The second kappa shape index (κ2) is 9.45. The molecule has 0 aliphatic carbocycles. The van der Waals surface area contributed by atoms with Crippen LogP contribution in [0, 0.1) is 5.82 Å². The summed E-state index contributed by atoms with van der Waals surface area (Å²) in [5.41, 5.74) is 1.39. The average molecular weight is 415 g/mol. The van der Waals surface area contributed by atoms with Crippen LogP contribution in [-0.4, -0.2) is 25.4 Å². The maximum atomic E-state index is 14.3. The standard InChI is InChI=1S/C23H18FN5O2/c24-20-12-17(3-6-21(20)31-19-2-1-9-25-15-19)5-8-23(30)28-14-18-4-7-22(27-13-18)29-11-10-26-16-29/h1-13,15-16H,14H2,(H,28,30)/b8-5+. The molecule has 0 saturated heterocycles. The van der Waals surface area contributed by atoms with Crippen molar-refractivity contribution in [1.82, 2.24) is 24.8 Å². The zero-order chi connectivity index (χ0) is 21.5. The number of amides is 1. The minimum absolute atomic E-state index is 0.0845. The molecule has 0 fully saturated rings. The van der Waals surface area contributed by atoms with E-state index < -0.39 is 5.82 Å². The molecule has 154 valence electrons. The topological polar surface area (TPSA) is 81.9 Å². The normalized spacial score (nSPS) is 10.9. The second-order valence-electron chi connectivity index (χ2n) is 6.53. The van der Waals surface area contributed by atoms with Crippen molar-refractivity contribution in [3.8, 4) is 17.3 Å². The van der Waals surface area contributed by atoms with Crippen molar-refractivity contribution >= 4 is 12.0 Å². The quantitative estimate of drug-likeness (QED) is 0.463. The molecule has 0 bridgehead atoms. The van der Waals surface area contributed by atoms with Crippen LogP contribution in [0.2, 0.25) is 0 Å². The van der Waals surface area contributed by atoms with Gasteiger partial charge in [-0.15, -0.1) is 0 Å². The van der Waals surface area contributed by atoms with Crippen LogP contribution in [-0.2, 0) is 11.3 Å². The Labute approximate surface area is 177 Å². The molecule has 0 aliphatic rings. The molecule has 0 atom stereocenters. The third kappa shape index (κ3) is 5.39. The van der Waals surface area contributed by atoms with Crippen molar-refractivity contribution in [2.75, 3.05) is 0 Å². The first kappa shape index (κ1) is 20.0. The highest BCUT2D eigenvalue weighted by molar-refractivity contribution is 5.91. The number of nitrogens with one attached hydrogen (secondary N) is 1. The number of pyridine rings is 2. The molecule has 3 heterocycles. The van der Waals surface area contributed by atoms with Gasteiger partial charge in [0.15, 0.2) is 11.6 Å². The number of hydrogen-bond donors (Lipinski definition) is 1. The van der Waals surface area contributed by atoms with Gasteiger partial charge in [0.25, 0.3) is 0 Å². The number of benzene rings is 1. The summed E-state index contributed by atoms with van der Waals surface area (Å²) in [5, 5.41) is 2.77. The van der Waals surface area contributed by atoms with Gasteiger partial charge in [0.2, 0.25) is 5.91 Å². The summed E-state index contributed by atoms with van der Waals surface area (Å²) in [6.45, 7) is 0.326. The fourth-order valence-electron chi connectivity index (χ4n) is 2.73. The molecule has 4 rings (SSSR count). The van der Waals surface area contributed by atoms with E-state index in [-0.39, 0.29) is 11.7 Å². The van der Waals surface area contributed by atoms with Gasteiger partial charge in [0.1, 0.15) is 17.9 Å². The molecule has 1 aromatic carbocycles. The number of imidazole rings is 1. The molecule has 0 spiro atoms. The molecule has 7 nitrogen and oxygen atoms in total. The summed E-state index contributed by atoms with van der Waals surface area (Å²) < 4.78 is 21.5. The lowest BCUT2D eigenvalue weighted by atomic mass is 10.2. The van der Waals surface area contributed by atoms with Crippen LogP contribution >= 0.6 is 0 Å². The molecular weight excluding hydrogens is 397 g/mol. The SMILES string of the molecule is O=C(/C=C/c1ccc(Oc2cccnc2)c(F)c1)NCc1ccc(-n2ccnc2)nc1. The lowest BCUT2D eigenvalue weighted by Crippen LogP contribution is -2.20. The molecule has 0 saturated carbocycles. The van der Waals surface area contributed by atoms with Crippen molar-refractivity contribution < 1.29 is 13.9 Å². The van der Waals surface area contributed by atoms with Gasteiger partial charge in [-0.3, -0.25) is 14.3 Å². The van der Waals surface area contributed by atoms with Gasteiger partial charge < -0.3 is 10.1 Å². The van der Waals surface area contributed by atoms with Crippen LogP contribution in [0.1, 0.15) is 11.1 Å². The molecular formula is C23H18FN5O2. The maximum absolute atomic E-state index is 14.3. The molecule has 8 heteroatoms. The van der Waals surface area contributed by atoms with Crippen LogP contribution in [0.25, 0.3) is 11.9 Å².